The first-order valence-electron chi connectivity index (χ1n) is 4.59. The van der Waals surface area contributed by atoms with Crippen LogP contribution in [0.4, 0.5) is 13.2 Å². The molecule has 0 spiro atoms. The minimum atomic E-state index is -2.77. The fourth-order valence-electron chi connectivity index (χ4n) is 1.85. The second-order valence-electron chi connectivity index (χ2n) is 3.88. The Morgan fingerprint density at radius 3 is 2.07 bits per heavy atom. The summed E-state index contributed by atoms with van der Waals surface area (Å²) in [6.45, 7) is -0.766. The first-order valence-corrected chi connectivity index (χ1v) is 4.59. The van der Waals surface area contributed by atoms with Gasteiger partial charge in [-0.1, -0.05) is 0 Å². The lowest BCUT2D eigenvalue weighted by molar-refractivity contribution is -0.157. The fraction of sp³-hybridized carbons (Fsp3) is 0.889. The van der Waals surface area contributed by atoms with Gasteiger partial charge in [0.2, 0.25) is 5.92 Å². The average Bonchev–Trinajstić information content (AvgIpc) is 2.09. The summed E-state index contributed by atoms with van der Waals surface area (Å²) in [5, 5.41) is 8.88. The van der Waals surface area contributed by atoms with Crippen molar-refractivity contribution in [2.75, 3.05) is 6.67 Å². The fourth-order valence-corrected chi connectivity index (χ4v) is 1.85. The summed E-state index contributed by atoms with van der Waals surface area (Å²) in [4.78, 5) is 10.9. The molecule has 1 N–H and O–H groups in total. The highest BCUT2D eigenvalue weighted by molar-refractivity contribution is 5.74. The van der Waals surface area contributed by atoms with Gasteiger partial charge in [-0.15, -0.1) is 0 Å². The second kappa shape index (κ2) is 3.79. The Morgan fingerprint density at radius 1 is 1.21 bits per heavy atom. The minimum absolute atomic E-state index is 0.126. The maximum Gasteiger partial charge on any atom is 0.309 e. The second-order valence-corrected chi connectivity index (χ2v) is 3.88. The first kappa shape index (κ1) is 11.3. The van der Waals surface area contributed by atoms with Crippen molar-refractivity contribution in [2.45, 2.75) is 38.0 Å². The van der Waals surface area contributed by atoms with E-state index >= 15 is 0 Å². The van der Waals surface area contributed by atoms with Gasteiger partial charge in [0.05, 0.1) is 12.1 Å². The molecule has 1 aliphatic rings. The van der Waals surface area contributed by atoms with Crippen LogP contribution in [0.1, 0.15) is 32.1 Å². The number of hydrogen-bond acceptors (Lipinski definition) is 1. The van der Waals surface area contributed by atoms with Crippen LogP contribution in [0.25, 0.3) is 0 Å². The van der Waals surface area contributed by atoms with Crippen LogP contribution in [0, 0.1) is 5.41 Å². The number of halogens is 3. The van der Waals surface area contributed by atoms with Crippen molar-refractivity contribution in [1.29, 1.82) is 0 Å². The SMILES string of the molecule is O=C(O)C1(CCF)CCC(F)(F)CC1. The maximum atomic E-state index is 12.8. The van der Waals surface area contributed by atoms with Gasteiger partial charge in [-0.05, 0) is 19.3 Å². The third-order valence-electron chi connectivity index (χ3n) is 2.97. The van der Waals surface area contributed by atoms with Crippen molar-refractivity contribution in [3.05, 3.63) is 0 Å². The van der Waals surface area contributed by atoms with Crippen molar-refractivity contribution < 1.29 is 23.1 Å². The first-order chi connectivity index (χ1) is 6.42. The van der Waals surface area contributed by atoms with E-state index < -0.39 is 36.8 Å². The van der Waals surface area contributed by atoms with E-state index in [0.717, 1.165) is 0 Å². The van der Waals surface area contributed by atoms with E-state index in [1.165, 1.54) is 0 Å². The molecule has 0 radical (unpaired) electrons. The van der Waals surface area contributed by atoms with E-state index in [1.54, 1.807) is 0 Å². The van der Waals surface area contributed by atoms with E-state index in [1.807, 2.05) is 0 Å². The third-order valence-corrected chi connectivity index (χ3v) is 2.97. The van der Waals surface area contributed by atoms with E-state index in [0.29, 0.717) is 0 Å². The molecule has 1 saturated carbocycles. The summed E-state index contributed by atoms with van der Waals surface area (Å²) in [7, 11) is 0. The molecule has 0 aromatic rings. The van der Waals surface area contributed by atoms with Crippen molar-refractivity contribution in [3.8, 4) is 0 Å². The summed E-state index contributed by atoms with van der Waals surface area (Å²) in [6.07, 6.45) is -1.30. The summed E-state index contributed by atoms with van der Waals surface area (Å²) >= 11 is 0. The summed E-state index contributed by atoms with van der Waals surface area (Å²) in [6, 6.07) is 0. The number of hydrogen-bond donors (Lipinski definition) is 1. The molecule has 0 unspecified atom stereocenters. The lowest BCUT2D eigenvalue weighted by atomic mass is 9.71. The predicted octanol–water partition coefficient (Wildman–Crippen LogP) is 2.63. The van der Waals surface area contributed by atoms with Crippen LogP contribution in [0.15, 0.2) is 0 Å². The molecule has 5 heteroatoms. The van der Waals surface area contributed by atoms with Crippen LogP contribution in [-0.4, -0.2) is 23.7 Å². The molecular weight excluding hydrogens is 197 g/mol. The Morgan fingerprint density at radius 2 is 1.71 bits per heavy atom. The van der Waals surface area contributed by atoms with Crippen molar-refractivity contribution >= 4 is 5.97 Å². The molecule has 82 valence electrons. The van der Waals surface area contributed by atoms with Gasteiger partial charge in [-0.2, -0.15) is 0 Å². The van der Waals surface area contributed by atoms with Crippen LogP contribution in [0.2, 0.25) is 0 Å². The van der Waals surface area contributed by atoms with Gasteiger partial charge in [-0.25, -0.2) is 8.78 Å². The molecule has 14 heavy (non-hydrogen) atoms. The van der Waals surface area contributed by atoms with Crippen LogP contribution in [-0.2, 0) is 4.79 Å². The van der Waals surface area contributed by atoms with E-state index in [4.69, 9.17) is 5.11 Å². The Balaban J connectivity index is 2.69. The zero-order valence-corrected chi connectivity index (χ0v) is 7.73. The number of carboxylic acid groups (broad SMARTS) is 1. The van der Waals surface area contributed by atoms with E-state index in [2.05, 4.69) is 0 Å². The average molecular weight is 210 g/mol. The zero-order valence-electron chi connectivity index (χ0n) is 7.73. The minimum Gasteiger partial charge on any atom is -0.481 e. The van der Waals surface area contributed by atoms with Crippen molar-refractivity contribution in [3.63, 3.8) is 0 Å². The number of carbonyl (C=O) groups is 1. The van der Waals surface area contributed by atoms with Crippen LogP contribution in [0.3, 0.4) is 0 Å². The smallest absolute Gasteiger partial charge is 0.309 e. The van der Waals surface area contributed by atoms with Crippen LogP contribution < -0.4 is 0 Å². The number of rotatable bonds is 3. The molecule has 2 nitrogen and oxygen atoms in total. The Kier molecular flexibility index (Phi) is 3.07. The Hall–Kier alpha value is -0.740. The normalized spacial score (nSPS) is 24.5. The molecule has 0 amide bonds. The molecule has 1 fully saturated rings. The highest BCUT2D eigenvalue weighted by atomic mass is 19.3. The standard InChI is InChI=1S/C9H13F3O2/c10-6-5-8(7(13)14)1-3-9(11,12)4-2-8/h1-6H2,(H,13,14). The van der Waals surface area contributed by atoms with E-state index in [-0.39, 0.29) is 19.3 Å². The topological polar surface area (TPSA) is 37.3 Å². The lowest BCUT2D eigenvalue weighted by Gasteiger charge is -2.36. The maximum absolute atomic E-state index is 12.8. The molecule has 0 aromatic carbocycles. The molecule has 1 rings (SSSR count). The molecule has 1 aliphatic carbocycles. The lowest BCUT2D eigenvalue weighted by Crippen LogP contribution is -2.39. The summed E-state index contributed by atoms with van der Waals surface area (Å²) < 4.78 is 37.7. The third kappa shape index (κ3) is 2.19. The molecule has 0 bridgehead atoms. The molecule has 0 aliphatic heterocycles. The van der Waals surface area contributed by atoms with Gasteiger partial charge in [0.1, 0.15) is 0 Å². The van der Waals surface area contributed by atoms with Crippen molar-refractivity contribution in [2.24, 2.45) is 5.41 Å². The van der Waals surface area contributed by atoms with Gasteiger partial charge in [0.25, 0.3) is 0 Å². The van der Waals surface area contributed by atoms with Gasteiger partial charge in [0.15, 0.2) is 0 Å². The summed E-state index contributed by atoms with van der Waals surface area (Å²) in [5.41, 5.74) is -1.25. The molecule has 0 atom stereocenters. The predicted molar refractivity (Wildman–Crippen MR) is 44.1 cm³/mol. The number of aliphatic carboxylic acids is 1. The quantitative estimate of drug-likeness (QED) is 0.777. The van der Waals surface area contributed by atoms with E-state index in [9.17, 15) is 18.0 Å². The van der Waals surface area contributed by atoms with Crippen LogP contribution >= 0.6 is 0 Å². The van der Waals surface area contributed by atoms with Crippen LogP contribution in [0.5, 0.6) is 0 Å². The largest absolute Gasteiger partial charge is 0.481 e. The molecule has 0 heterocycles. The van der Waals surface area contributed by atoms with Crippen molar-refractivity contribution in [1.82, 2.24) is 0 Å². The Bertz CT molecular complexity index is 218. The van der Waals surface area contributed by atoms with Gasteiger partial charge < -0.3 is 5.11 Å². The van der Waals surface area contributed by atoms with Gasteiger partial charge in [-0.3, -0.25) is 9.18 Å². The monoisotopic (exact) mass is 210 g/mol. The molecule has 0 aromatic heterocycles. The zero-order chi connectivity index (χ0) is 10.8. The van der Waals surface area contributed by atoms with Gasteiger partial charge >= 0.3 is 5.97 Å². The highest BCUT2D eigenvalue weighted by Gasteiger charge is 2.47. The van der Waals surface area contributed by atoms with Gasteiger partial charge in [0, 0.05) is 12.8 Å². The Labute approximate surface area is 80.1 Å². The summed E-state index contributed by atoms with van der Waals surface area (Å²) in [5.74, 6) is -3.92. The highest BCUT2D eigenvalue weighted by Crippen LogP contribution is 2.45. The number of carboxylic acids is 1. The molecular formula is C9H13F3O2. The number of alkyl halides is 3. The molecule has 0 saturated heterocycles.